The predicted molar refractivity (Wildman–Crippen MR) is 79.8 cm³/mol. The summed E-state index contributed by atoms with van der Waals surface area (Å²) < 4.78 is 0. The maximum atomic E-state index is 9.32. The largest absolute Gasteiger partial charge is 0.508 e. The van der Waals surface area contributed by atoms with Crippen molar-refractivity contribution >= 4 is 6.08 Å². The van der Waals surface area contributed by atoms with Crippen molar-refractivity contribution in [2.75, 3.05) is 0 Å². The van der Waals surface area contributed by atoms with Crippen LogP contribution in [0, 0.1) is 0 Å². The fraction of sp³-hybridized carbons (Fsp3) is 0.529. The number of hydrogen-bond donors (Lipinski definition) is 1. The summed E-state index contributed by atoms with van der Waals surface area (Å²) >= 11 is 0. The van der Waals surface area contributed by atoms with Crippen LogP contribution in [0.2, 0.25) is 0 Å². The Morgan fingerprint density at radius 1 is 1.00 bits per heavy atom. The van der Waals surface area contributed by atoms with E-state index in [1.54, 1.807) is 12.1 Å². The van der Waals surface area contributed by atoms with E-state index in [1.165, 1.54) is 44.9 Å². The Kier molecular flexibility index (Phi) is 8.03. The van der Waals surface area contributed by atoms with Crippen LogP contribution >= 0.6 is 0 Å². The van der Waals surface area contributed by atoms with Crippen molar-refractivity contribution in [1.82, 2.24) is 0 Å². The van der Waals surface area contributed by atoms with Crippen molar-refractivity contribution in [3.63, 3.8) is 0 Å². The second-order valence-electron chi connectivity index (χ2n) is 4.91. The maximum absolute atomic E-state index is 9.32. The first-order valence-corrected chi connectivity index (χ1v) is 7.28. The van der Waals surface area contributed by atoms with Crippen LogP contribution in [-0.4, -0.2) is 5.11 Å². The molecule has 18 heavy (non-hydrogen) atoms. The van der Waals surface area contributed by atoms with Crippen LogP contribution < -0.4 is 0 Å². The zero-order valence-corrected chi connectivity index (χ0v) is 11.6. The first-order valence-electron chi connectivity index (χ1n) is 7.28. The van der Waals surface area contributed by atoms with Crippen molar-refractivity contribution in [1.29, 1.82) is 0 Å². The summed E-state index contributed by atoms with van der Waals surface area (Å²) in [4.78, 5) is 0. The van der Waals surface area contributed by atoms with E-state index in [4.69, 9.17) is 0 Å². The van der Waals surface area contributed by atoms with Gasteiger partial charge in [-0.1, -0.05) is 69.7 Å². The quantitative estimate of drug-likeness (QED) is 0.567. The average molecular weight is 246 g/mol. The lowest BCUT2D eigenvalue weighted by Crippen LogP contribution is -1.79. The molecular weight excluding hydrogens is 220 g/mol. The molecule has 0 aliphatic rings. The molecule has 0 aromatic heterocycles. The van der Waals surface area contributed by atoms with E-state index in [2.05, 4.69) is 19.1 Å². The number of phenolic OH excluding ortho intramolecular Hbond substituents is 1. The molecule has 0 unspecified atom stereocenters. The second kappa shape index (κ2) is 9.76. The summed E-state index contributed by atoms with van der Waals surface area (Å²) in [6, 6.07) is 7.39. The molecule has 0 bridgehead atoms. The molecular formula is C17H26O. The van der Waals surface area contributed by atoms with Crippen LogP contribution in [0.3, 0.4) is 0 Å². The van der Waals surface area contributed by atoms with Crippen LogP contribution in [0.4, 0.5) is 0 Å². The van der Waals surface area contributed by atoms with Crippen LogP contribution in [0.1, 0.15) is 63.9 Å². The van der Waals surface area contributed by atoms with Gasteiger partial charge in [-0.25, -0.2) is 0 Å². The molecule has 0 aliphatic heterocycles. The minimum absolute atomic E-state index is 0.341. The number of aromatic hydroxyl groups is 1. The van der Waals surface area contributed by atoms with Gasteiger partial charge in [0, 0.05) is 0 Å². The molecule has 1 N–H and O–H groups in total. The third-order valence-electron chi connectivity index (χ3n) is 3.15. The zero-order valence-electron chi connectivity index (χ0n) is 11.6. The maximum Gasteiger partial charge on any atom is 0.116 e. The highest BCUT2D eigenvalue weighted by atomic mass is 16.3. The third-order valence-corrected chi connectivity index (χ3v) is 3.15. The fourth-order valence-corrected chi connectivity index (χ4v) is 2.07. The molecule has 0 aliphatic carbocycles. The molecule has 1 aromatic rings. The molecule has 1 aromatic carbocycles. The minimum atomic E-state index is 0.341. The second-order valence-corrected chi connectivity index (χ2v) is 4.91. The van der Waals surface area contributed by atoms with Gasteiger partial charge >= 0.3 is 0 Å². The topological polar surface area (TPSA) is 20.2 Å². The fourth-order valence-electron chi connectivity index (χ4n) is 2.07. The van der Waals surface area contributed by atoms with Gasteiger partial charge in [0.1, 0.15) is 5.75 Å². The third kappa shape index (κ3) is 7.16. The van der Waals surface area contributed by atoms with E-state index < -0.39 is 0 Å². The molecule has 0 saturated heterocycles. The van der Waals surface area contributed by atoms with Crippen molar-refractivity contribution in [3.05, 3.63) is 35.9 Å². The predicted octanol–water partition coefficient (Wildman–Crippen LogP) is 5.55. The Balaban J connectivity index is 2.04. The molecule has 100 valence electrons. The number of unbranched alkanes of at least 4 members (excludes halogenated alkanes) is 7. The summed E-state index contributed by atoms with van der Waals surface area (Å²) in [5.41, 5.74) is 1.08. The molecule has 0 atom stereocenters. The molecule has 1 heteroatoms. The Morgan fingerprint density at radius 2 is 1.72 bits per heavy atom. The first kappa shape index (κ1) is 14.8. The lowest BCUT2D eigenvalue weighted by molar-refractivity contribution is 0.475. The molecule has 1 nitrogen and oxygen atoms in total. The van der Waals surface area contributed by atoms with Crippen LogP contribution in [0.5, 0.6) is 5.75 Å². The van der Waals surface area contributed by atoms with Crippen molar-refractivity contribution in [2.24, 2.45) is 0 Å². The van der Waals surface area contributed by atoms with Crippen molar-refractivity contribution < 1.29 is 5.11 Å². The number of rotatable bonds is 9. The van der Waals surface area contributed by atoms with Gasteiger partial charge in [0.25, 0.3) is 0 Å². The minimum Gasteiger partial charge on any atom is -0.508 e. The van der Waals surface area contributed by atoms with Gasteiger partial charge in [0.2, 0.25) is 0 Å². The lowest BCUT2D eigenvalue weighted by atomic mass is 10.1. The SMILES string of the molecule is CCCCCCCCCC=Cc1cccc(O)c1. The number of hydrogen-bond acceptors (Lipinski definition) is 1. The highest BCUT2D eigenvalue weighted by molar-refractivity contribution is 5.51. The van der Waals surface area contributed by atoms with Crippen LogP contribution in [-0.2, 0) is 0 Å². The van der Waals surface area contributed by atoms with E-state index in [1.807, 2.05) is 12.1 Å². The summed E-state index contributed by atoms with van der Waals surface area (Å²) in [5.74, 6) is 0.341. The van der Waals surface area contributed by atoms with Crippen LogP contribution in [0.15, 0.2) is 30.3 Å². The number of phenols is 1. The van der Waals surface area contributed by atoms with Crippen LogP contribution in [0.25, 0.3) is 6.08 Å². The molecule has 0 radical (unpaired) electrons. The number of benzene rings is 1. The Hall–Kier alpha value is -1.24. The van der Waals surface area contributed by atoms with Crippen molar-refractivity contribution in [2.45, 2.75) is 58.3 Å². The molecule has 0 fully saturated rings. The monoisotopic (exact) mass is 246 g/mol. The Labute approximate surface area is 112 Å². The van der Waals surface area contributed by atoms with E-state index in [9.17, 15) is 5.11 Å². The van der Waals surface area contributed by atoms with Gasteiger partial charge in [-0.2, -0.15) is 0 Å². The zero-order chi connectivity index (χ0) is 13.1. The lowest BCUT2D eigenvalue weighted by Gasteiger charge is -1.99. The average Bonchev–Trinajstić information content (AvgIpc) is 2.37. The summed E-state index contributed by atoms with van der Waals surface area (Å²) in [5, 5.41) is 9.32. The highest BCUT2D eigenvalue weighted by Gasteiger charge is 1.91. The first-order chi connectivity index (χ1) is 8.83. The van der Waals surface area contributed by atoms with Gasteiger partial charge in [0.05, 0.1) is 0 Å². The normalized spacial score (nSPS) is 11.2. The molecule has 0 saturated carbocycles. The molecule has 0 heterocycles. The van der Waals surface area contributed by atoms with Gasteiger partial charge in [0.15, 0.2) is 0 Å². The Bertz CT molecular complexity index is 341. The van der Waals surface area contributed by atoms with E-state index in [0.717, 1.165) is 12.0 Å². The van der Waals surface area contributed by atoms with Gasteiger partial charge in [-0.15, -0.1) is 0 Å². The van der Waals surface area contributed by atoms with Crippen molar-refractivity contribution in [3.8, 4) is 5.75 Å². The van der Waals surface area contributed by atoms with E-state index >= 15 is 0 Å². The van der Waals surface area contributed by atoms with E-state index in [0.29, 0.717) is 5.75 Å². The summed E-state index contributed by atoms with van der Waals surface area (Å²) in [6.07, 6.45) is 14.9. The molecule has 0 amide bonds. The highest BCUT2D eigenvalue weighted by Crippen LogP contribution is 2.13. The standard InChI is InChI=1S/C17H26O/c1-2-3-4-5-6-7-8-9-10-12-16-13-11-14-17(18)15-16/h10-15,18H,2-9H2,1H3. The molecule has 1 rings (SSSR count). The number of allylic oxidation sites excluding steroid dienone is 1. The summed E-state index contributed by atoms with van der Waals surface area (Å²) in [7, 11) is 0. The van der Waals surface area contributed by atoms with Gasteiger partial charge in [-0.3, -0.25) is 0 Å². The summed E-state index contributed by atoms with van der Waals surface area (Å²) in [6.45, 7) is 2.26. The molecule has 0 spiro atoms. The van der Waals surface area contributed by atoms with Gasteiger partial charge in [-0.05, 0) is 30.5 Å². The smallest absolute Gasteiger partial charge is 0.116 e. The van der Waals surface area contributed by atoms with Gasteiger partial charge < -0.3 is 5.11 Å². The van der Waals surface area contributed by atoms with E-state index in [-0.39, 0.29) is 0 Å². The Morgan fingerprint density at radius 3 is 2.44 bits per heavy atom.